The van der Waals surface area contributed by atoms with Gasteiger partial charge in [0.25, 0.3) is 0 Å². The molecule has 0 saturated heterocycles. The van der Waals surface area contributed by atoms with E-state index in [0.29, 0.717) is 24.2 Å². The van der Waals surface area contributed by atoms with Crippen molar-refractivity contribution in [3.63, 3.8) is 0 Å². The van der Waals surface area contributed by atoms with E-state index in [1.807, 2.05) is 35.7 Å². The summed E-state index contributed by atoms with van der Waals surface area (Å²) in [7, 11) is 0. The molecule has 2 aromatic carbocycles. The molecule has 3 rings (SSSR count). The number of aromatic nitrogens is 1. The Kier molecular flexibility index (Phi) is 5.76. The summed E-state index contributed by atoms with van der Waals surface area (Å²) in [4.78, 5) is 27.9. The first-order valence-electron chi connectivity index (χ1n) is 8.27. The highest BCUT2D eigenvalue weighted by atomic mass is 32.1. The third-order valence-electron chi connectivity index (χ3n) is 3.65. The Morgan fingerprint density at radius 2 is 1.73 bits per heavy atom. The molecular weight excluding hydrogens is 346 g/mol. The van der Waals surface area contributed by atoms with Crippen molar-refractivity contribution >= 4 is 34.5 Å². The maximum absolute atomic E-state index is 12.2. The van der Waals surface area contributed by atoms with Gasteiger partial charge in [-0.15, -0.1) is 11.3 Å². The number of anilines is 2. The molecule has 0 saturated carbocycles. The maximum atomic E-state index is 12.2. The van der Waals surface area contributed by atoms with Crippen LogP contribution >= 0.6 is 11.3 Å². The van der Waals surface area contributed by atoms with Crippen LogP contribution in [-0.4, -0.2) is 16.8 Å². The number of carbonyl (C=O) groups excluding carboxylic acids is 2. The Bertz CT molecular complexity index is 906. The minimum atomic E-state index is -0.147. The Hall–Kier alpha value is -2.99. The molecule has 0 unspecified atom stereocenters. The molecule has 2 N–H and O–H groups in total. The molecule has 26 heavy (non-hydrogen) atoms. The first kappa shape index (κ1) is 17.8. The van der Waals surface area contributed by atoms with Crippen molar-refractivity contribution < 1.29 is 9.59 Å². The Labute approximate surface area is 156 Å². The summed E-state index contributed by atoms with van der Waals surface area (Å²) in [6.45, 7) is 1.45. The summed E-state index contributed by atoms with van der Waals surface area (Å²) < 4.78 is 0. The highest BCUT2D eigenvalue weighted by Crippen LogP contribution is 2.22. The third kappa shape index (κ3) is 5.00. The van der Waals surface area contributed by atoms with Crippen LogP contribution in [0.4, 0.5) is 11.4 Å². The number of carbonyl (C=O) groups is 2. The highest BCUT2D eigenvalue weighted by Gasteiger charge is 2.08. The van der Waals surface area contributed by atoms with E-state index in [-0.39, 0.29) is 11.8 Å². The number of hydrogen-bond donors (Lipinski definition) is 2. The van der Waals surface area contributed by atoms with Crippen molar-refractivity contribution in [1.82, 2.24) is 4.98 Å². The molecule has 0 aliphatic rings. The lowest BCUT2D eigenvalue weighted by atomic mass is 10.2. The molecule has 132 valence electrons. The average Bonchev–Trinajstić information content (AvgIpc) is 3.09. The van der Waals surface area contributed by atoms with Crippen molar-refractivity contribution in [3.8, 4) is 11.3 Å². The van der Waals surface area contributed by atoms with Gasteiger partial charge in [0.2, 0.25) is 11.8 Å². The molecule has 0 fully saturated rings. The zero-order chi connectivity index (χ0) is 18.4. The summed E-state index contributed by atoms with van der Waals surface area (Å²) in [5.74, 6) is -0.229. The molecule has 0 spiro atoms. The van der Waals surface area contributed by atoms with Gasteiger partial charge in [-0.1, -0.05) is 36.4 Å². The van der Waals surface area contributed by atoms with Gasteiger partial charge in [0.15, 0.2) is 0 Å². The van der Waals surface area contributed by atoms with Gasteiger partial charge in [-0.25, -0.2) is 4.98 Å². The largest absolute Gasteiger partial charge is 0.326 e. The number of amides is 2. The average molecular weight is 365 g/mol. The molecular formula is C20H19N3O2S. The third-order valence-corrected chi connectivity index (χ3v) is 4.56. The lowest BCUT2D eigenvalue weighted by molar-refractivity contribution is -0.116. The molecule has 0 bridgehead atoms. The summed E-state index contributed by atoms with van der Waals surface area (Å²) in [6, 6.07) is 17.1. The van der Waals surface area contributed by atoms with E-state index >= 15 is 0 Å². The molecule has 0 aliphatic carbocycles. The molecule has 0 radical (unpaired) electrons. The molecule has 5 nitrogen and oxygen atoms in total. The fraction of sp³-hybridized carbons (Fsp3) is 0.150. The SMILES string of the molecule is CC(=O)Nc1cccc(NC(=O)CCc2nc(-c3ccccc3)cs2)c1. The summed E-state index contributed by atoms with van der Waals surface area (Å²) in [5.41, 5.74) is 3.33. The minimum Gasteiger partial charge on any atom is -0.326 e. The zero-order valence-corrected chi connectivity index (χ0v) is 15.2. The number of benzene rings is 2. The molecule has 0 aliphatic heterocycles. The van der Waals surface area contributed by atoms with Crippen LogP contribution in [0.25, 0.3) is 11.3 Å². The number of rotatable bonds is 6. The number of nitrogens with one attached hydrogen (secondary N) is 2. The monoisotopic (exact) mass is 365 g/mol. The smallest absolute Gasteiger partial charge is 0.224 e. The number of aryl methyl sites for hydroxylation is 1. The fourth-order valence-electron chi connectivity index (χ4n) is 2.49. The van der Waals surface area contributed by atoms with Gasteiger partial charge >= 0.3 is 0 Å². The second-order valence-electron chi connectivity index (χ2n) is 5.80. The predicted octanol–water partition coefficient (Wildman–Crippen LogP) is 4.34. The second-order valence-corrected chi connectivity index (χ2v) is 6.75. The topological polar surface area (TPSA) is 71.1 Å². The van der Waals surface area contributed by atoms with Gasteiger partial charge in [-0.05, 0) is 18.2 Å². The van der Waals surface area contributed by atoms with Gasteiger partial charge in [0.05, 0.1) is 10.7 Å². The van der Waals surface area contributed by atoms with Gasteiger partial charge < -0.3 is 10.6 Å². The van der Waals surface area contributed by atoms with E-state index < -0.39 is 0 Å². The predicted molar refractivity (Wildman–Crippen MR) is 105 cm³/mol. The van der Waals surface area contributed by atoms with E-state index in [1.54, 1.807) is 35.6 Å². The van der Waals surface area contributed by atoms with Crippen molar-refractivity contribution in [2.24, 2.45) is 0 Å². The van der Waals surface area contributed by atoms with E-state index in [1.165, 1.54) is 6.92 Å². The van der Waals surface area contributed by atoms with Crippen LogP contribution in [0.15, 0.2) is 60.0 Å². The van der Waals surface area contributed by atoms with Crippen LogP contribution in [0.1, 0.15) is 18.4 Å². The molecule has 6 heteroatoms. The van der Waals surface area contributed by atoms with Crippen molar-refractivity contribution in [3.05, 3.63) is 65.0 Å². The van der Waals surface area contributed by atoms with Crippen LogP contribution < -0.4 is 10.6 Å². The van der Waals surface area contributed by atoms with E-state index in [2.05, 4.69) is 15.6 Å². The van der Waals surface area contributed by atoms with Crippen molar-refractivity contribution in [1.29, 1.82) is 0 Å². The van der Waals surface area contributed by atoms with Gasteiger partial charge in [0, 0.05) is 42.1 Å². The van der Waals surface area contributed by atoms with Gasteiger partial charge in [0.1, 0.15) is 0 Å². The van der Waals surface area contributed by atoms with Crippen LogP contribution in [0.3, 0.4) is 0 Å². The molecule has 0 atom stereocenters. The quantitative estimate of drug-likeness (QED) is 0.683. The molecule has 1 aromatic heterocycles. The normalized spacial score (nSPS) is 10.3. The van der Waals surface area contributed by atoms with E-state index in [4.69, 9.17) is 0 Å². The lowest BCUT2D eigenvalue weighted by Gasteiger charge is -2.07. The zero-order valence-electron chi connectivity index (χ0n) is 14.4. The molecule has 2 amide bonds. The number of thiazole rings is 1. The van der Waals surface area contributed by atoms with Crippen LogP contribution in [0.5, 0.6) is 0 Å². The molecule has 1 heterocycles. The summed E-state index contributed by atoms with van der Waals surface area (Å²) in [6.07, 6.45) is 0.945. The summed E-state index contributed by atoms with van der Waals surface area (Å²) >= 11 is 1.56. The standard InChI is InChI=1S/C20H19N3O2S/c1-14(24)21-16-8-5-9-17(12-16)22-19(25)10-11-20-23-18(13-26-20)15-6-3-2-4-7-15/h2-9,12-13H,10-11H2,1H3,(H,21,24)(H,22,25). The van der Waals surface area contributed by atoms with Crippen LogP contribution in [-0.2, 0) is 16.0 Å². The Morgan fingerprint density at radius 1 is 1.00 bits per heavy atom. The first-order valence-corrected chi connectivity index (χ1v) is 9.15. The second kappa shape index (κ2) is 8.40. The molecule has 3 aromatic rings. The van der Waals surface area contributed by atoms with Crippen LogP contribution in [0.2, 0.25) is 0 Å². The maximum Gasteiger partial charge on any atom is 0.224 e. The van der Waals surface area contributed by atoms with Gasteiger partial charge in [-0.3, -0.25) is 9.59 Å². The van der Waals surface area contributed by atoms with E-state index in [0.717, 1.165) is 16.3 Å². The summed E-state index contributed by atoms with van der Waals surface area (Å²) in [5, 5.41) is 8.50. The van der Waals surface area contributed by atoms with E-state index in [9.17, 15) is 9.59 Å². The lowest BCUT2D eigenvalue weighted by Crippen LogP contribution is -2.13. The first-order chi connectivity index (χ1) is 12.6. The highest BCUT2D eigenvalue weighted by molar-refractivity contribution is 7.09. The minimum absolute atomic E-state index is 0.0820. The Balaban J connectivity index is 1.55. The number of hydrogen-bond acceptors (Lipinski definition) is 4. The number of nitrogens with zero attached hydrogens (tertiary/aromatic N) is 1. The van der Waals surface area contributed by atoms with Crippen LogP contribution in [0, 0.1) is 0 Å². The van der Waals surface area contributed by atoms with Crippen molar-refractivity contribution in [2.45, 2.75) is 19.8 Å². The fourth-order valence-corrected chi connectivity index (χ4v) is 3.30. The Morgan fingerprint density at radius 3 is 2.46 bits per heavy atom. The van der Waals surface area contributed by atoms with Crippen molar-refractivity contribution in [2.75, 3.05) is 10.6 Å². The van der Waals surface area contributed by atoms with Gasteiger partial charge in [-0.2, -0.15) is 0 Å².